The number of nitrogens with zero attached hydrogens (tertiary/aromatic N) is 1. The number of likely N-dealkylation sites (tertiary alicyclic amines) is 1. The summed E-state index contributed by atoms with van der Waals surface area (Å²) in [7, 11) is 0. The van der Waals surface area contributed by atoms with Crippen LogP contribution < -0.4 is 5.32 Å². The second kappa shape index (κ2) is 8.76. The van der Waals surface area contributed by atoms with E-state index in [0.29, 0.717) is 38.9 Å². The Labute approximate surface area is 147 Å². The van der Waals surface area contributed by atoms with Crippen LogP contribution in [0.4, 0.5) is 4.39 Å². The standard InChI is InChI=1S/C19H25FN2O3/c1-2-9-19(18(24)25)10-3-11-22(14-19)12-8-17(23)21-13-15-4-6-16(20)7-5-15/h2,4-7H,1,3,8-14H2,(H,21,23)(H,24,25)/t19-/m1/s1. The first kappa shape index (κ1) is 19.1. The number of carboxylic acids is 1. The van der Waals surface area contributed by atoms with E-state index >= 15 is 0 Å². The molecular formula is C19H25FN2O3. The van der Waals surface area contributed by atoms with Crippen LogP contribution in [-0.4, -0.2) is 41.5 Å². The third-order valence-corrected chi connectivity index (χ3v) is 4.70. The topological polar surface area (TPSA) is 69.6 Å². The highest BCUT2D eigenvalue weighted by atomic mass is 19.1. The van der Waals surface area contributed by atoms with Gasteiger partial charge < -0.3 is 15.3 Å². The highest BCUT2D eigenvalue weighted by Crippen LogP contribution is 2.34. The number of hydrogen-bond acceptors (Lipinski definition) is 3. The average molecular weight is 348 g/mol. The van der Waals surface area contributed by atoms with Crippen LogP contribution in [0, 0.1) is 11.2 Å². The highest BCUT2D eigenvalue weighted by Gasteiger charge is 2.41. The Kier molecular flexibility index (Phi) is 6.70. The Bertz CT molecular complexity index is 618. The molecule has 136 valence electrons. The second-order valence-electron chi connectivity index (χ2n) is 6.61. The Morgan fingerprint density at radius 3 is 2.72 bits per heavy atom. The van der Waals surface area contributed by atoms with Crippen molar-refractivity contribution in [3.05, 3.63) is 48.3 Å². The summed E-state index contributed by atoms with van der Waals surface area (Å²) in [5, 5.41) is 12.4. The largest absolute Gasteiger partial charge is 0.481 e. The third-order valence-electron chi connectivity index (χ3n) is 4.70. The maximum absolute atomic E-state index is 12.8. The van der Waals surface area contributed by atoms with Gasteiger partial charge in [-0.3, -0.25) is 9.59 Å². The van der Waals surface area contributed by atoms with Gasteiger partial charge in [0.1, 0.15) is 5.82 Å². The van der Waals surface area contributed by atoms with E-state index in [-0.39, 0.29) is 11.7 Å². The summed E-state index contributed by atoms with van der Waals surface area (Å²) in [6.07, 6.45) is 3.85. The summed E-state index contributed by atoms with van der Waals surface area (Å²) in [6, 6.07) is 5.99. The van der Waals surface area contributed by atoms with Gasteiger partial charge in [-0.2, -0.15) is 0 Å². The van der Waals surface area contributed by atoms with E-state index in [0.717, 1.165) is 18.5 Å². The molecule has 2 N–H and O–H groups in total. The zero-order valence-electron chi connectivity index (χ0n) is 14.3. The number of carboxylic acid groups (broad SMARTS) is 1. The smallest absolute Gasteiger partial charge is 0.311 e. The number of hydrogen-bond donors (Lipinski definition) is 2. The molecule has 0 unspecified atom stereocenters. The van der Waals surface area contributed by atoms with Crippen LogP contribution in [-0.2, 0) is 16.1 Å². The number of carbonyl (C=O) groups is 2. The van der Waals surface area contributed by atoms with E-state index in [1.54, 1.807) is 18.2 Å². The lowest BCUT2D eigenvalue weighted by molar-refractivity contribution is -0.152. The van der Waals surface area contributed by atoms with Crippen LogP contribution in [0.5, 0.6) is 0 Å². The highest BCUT2D eigenvalue weighted by molar-refractivity contribution is 5.76. The van der Waals surface area contributed by atoms with Crippen molar-refractivity contribution >= 4 is 11.9 Å². The Morgan fingerprint density at radius 1 is 1.36 bits per heavy atom. The summed E-state index contributed by atoms with van der Waals surface area (Å²) < 4.78 is 12.8. The second-order valence-corrected chi connectivity index (χ2v) is 6.61. The lowest BCUT2D eigenvalue weighted by Gasteiger charge is -2.39. The zero-order valence-corrected chi connectivity index (χ0v) is 14.3. The van der Waals surface area contributed by atoms with E-state index in [1.165, 1.54) is 12.1 Å². The fourth-order valence-electron chi connectivity index (χ4n) is 3.27. The minimum absolute atomic E-state index is 0.0976. The molecule has 6 heteroatoms. The summed E-state index contributed by atoms with van der Waals surface area (Å²) >= 11 is 0. The van der Waals surface area contributed by atoms with Crippen molar-refractivity contribution in [3.63, 3.8) is 0 Å². The van der Waals surface area contributed by atoms with Crippen LogP contribution in [0.1, 0.15) is 31.2 Å². The van der Waals surface area contributed by atoms with E-state index in [2.05, 4.69) is 11.9 Å². The zero-order chi connectivity index (χ0) is 18.3. The predicted molar refractivity (Wildman–Crippen MR) is 93.4 cm³/mol. The van der Waals surface area contributed by atoms with Crippen LogP contribution in [0.15, 0.2) is 36.9 Å². The fourth-order valence-corrected chi connectivity index (χ4v) is 3.27. The summed E-state index contributed by atoms with van der Waals surface area (Å²) in [6.45, 7) is 5.80. The van der Waals surface area contributed by atoms with Crippen LogP contribution in [0.25, 0.3) is 0 Å². The van der Waals surface area contributed by atoms with Gasteiger partial charge in [-0.1, -0.05) is 18.2 Å². The van der Waals surface area contributed by atoms with Crippen molar-refractivity contribution in [2.45, 2.75) is 32.2 Å². The summed E-state index contributed by atoms with van der Waals surface area (Å²) in [5.41, 5.74) is 0.0496. The number of piperidine rings is 1. The van der Waals surface area contributed by atoms with Crippen molar-refractivity contribution in [2.24, 2.45) is 5.41 Å². The number of allylic oxidation sites excluding steroid dienone is 1. The molecule has 0 aromatic heterocycles. The molecule has 1 saturated heterocycles. The molecule has 1 aromatic carbocycles. The summed E-state index contributed by atoms with van der Waals surface area (Å²) in [5.74, 6) is -1.20. The maximum atomic E-state index is 12.8. The molecule has 5 nitrogen and oxygen atoms in total. The van der Waals surface area contributed by atoms with Gasteiger partial charge in [0.2, 0.25) is 5.91 Å². The molecule has 1 aliphatic rings. The molecule has 0 aliphatic carbocycles. The van der Waals surface area contributed by atoms with E-state index in [4.69, 9.17) is 0 Å². The number of carbonyl (C=O) groups excluding carboxylic acids is 1. The van der Waals surface area contributed by atoms with Gasteiger partial charge in [0.15, 0.2) is 0 Å². The van der Waals surface area contributed by atoms with Crippen LogP contribution >= 0.6 is 0 Å². The predicted octanol–water partition coefficient (Wildman–Crippen LogP) is 2.57. The molecule has 0 bridgehead atoms. The third kappa shape index (κ3) is 5.39. The first-order chi connectivity index (χ1) is 11.9. The molecule has 25 heavy (non-hydrogen) atoms. The molecule has 0 saturated carbocycles. The molecule has 1 heterocycles. The Morgan fingerprint density at radius 2 is 2.08 bits per heavy atom. The van der Waals surface area contributed by atoms with Crippen molar-refractivity contribution in [1.29, 1.82) is 0 Å². The molecule has 1 fully saturated rings. The Hall–Kier alpha value is -2.21. The van der Waals surface area contributed by atoms with Crippen LogP contribution in [0.2, 0.25) is 0 Å². The first-order valence-electron chi connectivity index (χ1n) is 8.53. The molecule has 1 aromatic rings. The lowest BCUT2D eigenvalue weighted by atomic mass is 9.77. The number of halogens is 1. The van der Waals surface area contributed by atoms with Crippen molar-refractivity contribution in [3.8, 4) is 0 Å². The minimum atomic E-state index is -0.794. The van der Waals surface area contributed by atoms with E-state index in [1.807, 2.05) is 4.90 Å². The van der Waals surface area contributed by atoms with Gasteiger partial charge in [0.25, 0.3) is 0 Å². The molecule has 1 atom stereocenters. The van der Waals surface area contributed by atoms with Crippen LogP contribution in [0.3, 0.4) is 0 Å². The number of benzene rings is 1. The van der Waals surface area contributed by atoms with Crippen molar-refractivity contribution in [2.75, 3.05) is 19.6 Å². The van der Waals surface area contributed by atoms with Gasteiger partial charge >= 0.3 is 5.97 Å². The number of amides is 1. The first-order valence-corrected chi connectivity index (χ1v) is 8.53. The Balaban J connectivity index is 1.79. The van der Waals surface area contributed by atoms with Gasteiger partial charge in [0.05, 0.1) is 5.41 Å². The van der Waals surface area contributed by atoms with Gasteiger partial charge in [-0.15, -0.1) is 6.58 Å². The number of aliphatic carboxylic acids is 1. The van der Waals surface area contributed by atoms with Crippen molar-refractivity contribution in [1.82, 2.24) is 10.2 Å². The molecule has 0 spiro atoms. The monoisotopic (exact) mass is 348 g/mol. The molecule has 1 amide bonds. The molecule has 1 aliphatic heterocycles. The van der Waals surface area contributed by atoms with Crippen molar-refractivity contribution < 1.29 is 19.1 Å². The minimum Gasteiger partial charge on any atom is -0.481 e. The van der Waals surface area contributed by atoms with Gasteiger partial charge in [-0.25, -0.2) is 4.39 Å². The SMILES string of the molecule is C=CC[C@@]1(C(=O)O)CCCN(CCC(=O)NCc2ccc(F)cc2)C1. The molecule has 0 radical (unpaired) electrons. The molecule has 2 rings (SSSR count). The maximum Gasteiger partial charge on any atom is 0.311 e. The molecular weight excluding hydrogens is 323 g/mol. The normalized spacial score (nSPS) is 20.8. The average Bonchev–Trinajstić information content (AvgIpc) is 2.60. The number of nitrogens with one attached hydrogen (secondary N) is 1. The van der Waals surface area contributed by atoms with E-state index < -0.39 is 11.4 Å². The fraction of sp³-hybridized carbons (Fsp3) is 0.474. The van der Waals surface area contributed by atoms with E-state index in [9.17, 15) is 19.1 Å². The summed E-state index contributed by atoms with van der Waals surface area (Å²) in [4.78, 5) is 25.7. The van der Waals surface area contributed by atoms with Gasteiger partial charge in [0, 0.05) is 26.1 Å². The lowest BCUT2D eigenvalue weighted by Crippen LogP contribution is -2.48. The quantitative estimate of drug-likeness (QED) is 0.709. The van der Waals surface area contributed by atoms with Gasteiger partial charge in [-0.05, 0) is 43.5 Å². The number of rotatable bonds is 8.